The van der Waals surface area contributed by atoms with E-state index in [1.807, 2.05) is 0 Å². The molecule has 146 valence electrons. The lowest BCUT2D eigenvalue weighted by Crippen LogP contribution is -2.32. The van der Waals surface area contributed by atoms with E-state index in [1.165, 1.54) is 30.6 Å². The van der Waals surface area contributed by atoms with Crippen LogP contribution in [0.25, 0.3) is 0 Å². The number of thiophene rings is 1. The highest BCUT2D eigenvalue weighted by atomic mass is 32.1. The zero-order valence-corrected chi connectivity index (χ0v) is 18.4. The zero-order valence-electron chi connectivity index (χ0n) is 17.6. The maximum Gasteiger partial charge on any atom is 0.262 e. The first-order valence-electron chi connectivity index (χ1n) is 10.0. The van der Waals surface area contributed by atoms with Gasteiger partial charge >= 0.3 is 0 Å². The molecule has 0 saturated carbocycles. The standard InChI is InChI=1S/C22H35NO2S/c1-8-9-10-11-12-13-14-23-19(24)15-16(20(23)25)18(22(5,6)7)26-17(15)21(2,3)4/h8-14H2,1-7H3. The number of hydrogen-bond donors (Lipinski definition) is 0. The monoisotopic (exact) mass is 377 g/mol. The van der Waals surface area contributed by atoms with Crippen LogP contribution in [0.2, 0.25) is 0 Å². The number of unbranched alkanes of at least 4 members (excludes halogenated alkanes) is 5. The number of fused-ring (bicyclic) bond motifs is 1. The zero-order chi connectivity index (χ0) is 19.7. The van der Waals surface area contributed by atoms with Crippen molar-refractivity contribution >= 4 is 23.2 Å². The van der Waals surface area contributed by atoms with Gasteiger partial charge in [0.25, 0.3) is 11.8 Å². The first-order chi connectivity index (χ1) is 12.0. The third-order valence-electron chi connectivity index (χ3n) is 4.92. The van der Waals surface area contributed by atoms with E-state index in [-0.39, 0.29) is 22.6 Å². The molecule has 0 saturated heterocycles. The van der Waals surface area contributed by atoms with Gasteiger partial charge in [0.1, 0.15) is 0 Å². The molecular weight excluding hydrogens is 342 g/mol. The third-order valence-corrected chi connectivity index (χ3v) is 6.97. The normalized spacial score (nSPS) is 15.1. The molecule has 4 heteroatoms. The fourth-order valence-electron chi connectivity index (χ4n) is 3.51. The molecule has 0 fully saturated rings. The van der Waals surface area contributed by atoms with E-state index in [4.69, 9.17) is 0 Å². The van der Waals surface area contributed by atoms with Crippen LogP contribution >= 0.6 is 11.3 Å². The van der Waals surface area contributed by atoms with Crippen LogP contribution < -0.4 is 0 Å². The molecule has 2 rings (SSSR count). The quantitative estimate of drug-likeness (QED) is 0.413. The maximum atomic E-state index is 13.1. The van der Waals surface area contributed by atoms with Crippen molar-refractivity contribution in [1.82, 2.24) is 4.90 Å². The minimum absolute atomic E-state index is 0.0739. The van der Waals surface area contributed by atoms with Crippen molar-refractivity contribution in [3.05, 3.63) is 20.9 Å². The second-order valence-electron chi connectivity index (χ2n) is 9.54. The number of carbonyl (C=O) groups excluding carboxylic acids is 2. The predicted octanol–water partition coefficient (Wildman–Crippen LogP) is 6.30. The lowest BCUT2D eigenvalue weighted by molar-refractivity contribution is 0.0649. The molecule has 1 aromatic rings. The molecule has 0 aliphatic carbocycles. The van der Waals surface area contributed by atoms with E-state index in [1.54, 1.807) is 11.3 Å². The van der Waals surface area contributed by atoms with Crippen LogP contribution in [0.4, 0.5) is 0 Å². The molecule has 0 bridgehead atoms. The number of carbonyl (C=O) groups is 2. The average molecular weight is 378 g/mol. The summed E-state index contributed by atoms with van der Waals surface area (Å²) in [6.45, 7) is 15.5. The lowest BCUT2D eigenvalue weighted by atomic mass is 9.87. The van der Waals surface area contributed by atoms with Crippen molar-refractivity contribution in [1.29, 1.82) is 0 Å². The van der Waals surface area contributed by atoms with Gasteiger partial charge in [-0.25, -0.2) is 0 Å². The molecule has 0 spiro atoms. The van der Waals surface area contributed by atoms with Gasteiger partial charge in [-0.15, -0.1) is 11.3 Å². The van der Waals surface area contributed by atoms with Crippen LogP contribution in [0.5, 0.6) is 0 Å². The second kappa shape index (κ2) is 7.84. The van der Waals surface area contributed by atoms with Crippen molar-refractivity contribution in [2.24, 2.45) is 0 Å². The molecule has 2 heterocycles. The molecule has 0 radical (unpaired) electrons. The van der Waals surface area contributed by atoms with E-state index in [9.17, 15) is 9.59 Å². The Balaban J connectivity index is 2.24. The van der Waals surface area contributed by atoms with Crippen LogP contribution in [-0.2, 0) is 10.8 Å². The Labute approximate surface area is 163 Å². The Morgan fingerprint density at radius 3 is 1.58 bits per heavy atom. The molecule has 3 nitrogen and oxygen atoms in total. The van der Waals surface area contributed by atoms with E-state index < -0.39 is 0 Å². The molecule has 26 heavy (non-hydrogen) atoms. The largest absolute Gasteiger partial charge is 0.274 e. The summed E-state index contributed by atoms with van der Waals surface area (Å²) in [5.74, 6) is -0.148. The van der Waals surface area contributed by atoms with Gasteiger partial charge in [0.05, 0.1) is 11.1 Å². The molecule has 0 atom stereocenters. The summed E-state index contributed by atoms with van der Waals surface area (Å²) in [5.41, 5.74) is 1.10. The van der Waals surface area contributed by atoms with Crippen molar-refractivity contribution in [2.75, 3.05) is 6.54 Å². The smallest absolute Gasteiger partial charge is 0.262 e. The van der Waals surface area contributed by atoms with Gasteiger partial charge in [0.15, 0.2) is 0 Å². The number of amides is 2. The number of rotatable bonds is 7. The van der Waals surface area contributed by atoms with Crippen LogP contribution in [-0.4, -0.2) is 23.3 Å². The summed E-state index contributed by atoms with van der Waals surface area (Å²) in [6.07, 6.45) is 6.92. The maximum absolute atomic E-state index is 13.1. The van der Waals surface area contributed by atoms with Crippen molar-refractivity contribution in [2.45, 2.75) is 97.8 Å². The number of imide groups is 1. The molecular formula is C22H35NO2S. The van der Waals surface area contributed by atoms with Crippen molar-refractivity contribution in [3.63, 3.8) is 0 Å². The molecule has 1 aromatic heterocycles. The van der Waals surface area contributed by atoms with Gasteiger partial charge in [-0.2, -0.15) is 0 Å². The predicted molar refractivity (Wildman–Crippen MR) is 110 cm³/mol. The fraction of sp³-hybridized carbons (Fsp3) is 0.727. The first kappa shape index (κ1) is 21.1. The summed E-state index contributed by atoms with van der Waals surface area (Å²) in [5, 5.41) is 0. The van der Waals surface area contributed by atoms with Crippen molar-refractivity contribution < 1.29 is 9.59 Å². The highest BCUT2D eigenvalue weighted by Crippen LogP contribution is 2.45. The lowest BCUT2D eigenvalue weighted by Gasteiger charge is -2.22. The third kappa shape index (κ3) is 4.21. The molecule has 1 aliphatic heterocycles. The number of hydrogen-bond acceptors (Lipinski definition) is 3. The van der Waals surface area contributed by atoms with Crippen molar-refractivity contribution in [3.8, 4) is 0 Å². The Morgan fingerprint density at radius 1 is 0.731 bits per heavy atom. The fourth-order valence-corrected chi connectivity index (χ4v) is 4.91. The van der Waals surface area contributed by atoms with Gasteiger partial charge in [-0.1, -0.05) is 80.6 Å². The summed E-state index contributed by atoms with van der Waals surface area (Å²) in [4.78, 5) is 29.8. The Bertz CT molecular complexity index is 625. The summed E-state index contributed by atoms with van der Waals surface area (Å²) in [6, 6.07) is 0. The average Bonchev–Trinajstić information content (AvgIpc) is 3.02. The highest BCUT2D eigenvalue weighted by molar-refractivity contribution is 7.13. The molecule has 0 aromatic carbocycles. The minimum Gasteiger partial charge on any atom is -0.274 e. The minimum atomic E-state index is -0.135. The number of nitrogens with zero attached hydrogens (tertiary/aromatic N) is 1. The van der Waals surface area contributed by atoms with E-state index in [0.717, 1.165) is 22.6 Å². The Kier molecular flexibility index (Phi) is 6.37. The van der Waals surface area contributed by atoms with Crippen LogP contribution in [0.15, 0.2) is 0 Å². The van der Waals surface area contributed by atoms with Crippen LogP contribution in [0.3, 0.4) is 0 Å². The first-order valence-corrected chi connectivity index (χ1v) is 10.9. The van der Waals surface area contributed by atoms with E-state index in [2.05, 4.69) is 48.5 Å². The van der Waals surface area contributed by atoms with E-state index in [0.29, 0.717) is 17.7 Å². The SMILES string of the molecule is CCCCCCCCN1C(=O)c2c(C(C)(C)C)sc(C(C)(C)C)c2C1=O. The molecule has 1 aliphatic rings. The second-order valence-corrected chi connectivity index (χ2v) is 10.6. The topological polar surface area (TPSA) is 37.4 Å². The van der Waals surface area contributed by atoms with Gasteiger partial charge in [-0.3, -0.25) is 14.5 Å². The summed E-state index contributed by atoms with van der Waals surface area (Å²) >= 11 is 1.65. The van der Waals surface area contributed by atoms with Gasteiger partial charge in [0.2, 0.25) is 0 Å². The van der Waals surface area contributed by atoms with E-state index >= 15 is 0 Å². The Hall–Kier alpha value is -1.16. The molecule has 0 N–H and O–H groups in total. The highest BCUT2D eigenvalue weighted by Gasteiger charge is 2.45. The van der Waals surface area contributed by atoms with Gasteiger partial charge in [-0.05, 0) is 17.3 Å². The molecule has 2 amide bonds. The summed E-state index contributed by atoms with van der Waals surface area (Å²) in [7, 11) is 0. The van der Waals surface area contributed by atoms with Crippen LogP contribution in [0.1, 0.15) is 117 Å². The summed E-state index contributed by atoms with van der Waals surface area (Å²) < 4.78 is 0. The van der Waals surface area contributed by atoms with Crippen LogP contribution in [0, 0.1) is 0 Å². The molecule has 0 unspecified atom stereocenters. The Morgan fingerprint density at radius 2 is 1.15 bits per heavy atom. The van der Waals surface area contributed by atoms with Gasteiger partial charge in [0, 0.05) is 16.3 Å². The van der Waals surface area contributed by atoms with Gasteiger partial charge < -0.3 is 0 Å².